The van der Waals surface area contributed by atoms with E-state index < -0.39 is 23.9 Å². The fraction of sp³-hybridized carbons (Fsp3) is 0.409. The lowest BCUT2D eigenvalue weighted by Gasteiger charge is -2.31. The number of furan rings is 1. The first kappa shape index (κ1) is 22.2. The van der Waals surface area contributed by atoms with E-state index in [4.69, 9.17) is 18.6 Å². The normalized spacial score (nSPS) is 16.9. The van der Waals surface area contributed by atoms with Crippen molar-refractivity contribution in [3.05, 3.63) is 42.4 Å². The molecule has 2 atom stereocenters. The number of carbonyl (C=O) groups excluding carboxylic acids is 3. The Bertz CT molecular complexity index is 904. The monoisotopic (exact) mass is 430 g/mol. The van der Waals surface area contributed by atoms with Crippen molar-refractivity contribution in [1.82, 2.24) is 4.90 Å². The van der Waals surface area contributed by atoms with Crippen LogP contribution in [-0.4, -0.2) is 56.1 Å². The van der Waals surface area contributed by atoms with E-state index in [0.717, 1.165) is 0 Å². The van der Waals surface area contributed by atoms with Gasteiger partial charge in [-0.3, -0.25) is 14.4 Å². The first-order valence-electron chi connectivity index (χ1n) is 9.98. The van der Waals surface area contributed by atoms with Crippen molar-refractivity contribution in [2.45, 2.75) is 25.9 Å². The van der Waals surface area contributed by atoms with Crippen LogP contribution in [0.3, 0.4) is 0 Å². The van der Waals surface area contributed by atoms with Gasteiger partial charge in [0.05, 0.1) is 26.4 Å². The Morgan fingerprint density at radius 1 is 1.16 bits per heavy atom. The summed E-state index contributed by atoms with van der Waals surface area (Å²) in [4.78, 5) is 39.2. The lowest BCUT2D eigenvalue weighted by atomic mass is 9.98. The van der Waals surface area contributed by atoms with Crippen molar-refractivity contribution in [2.24, 2.45) is 5.92 Å². The number of methoxy groups -OCH3 is 2. The molecule has 9 heteroatoms. The quantitative estimate of drug-likeness (QED) is 0.673. The largest absolute Gasteiger partial charge is 0.497 e. The summed E-state index contributed by atoms with van der Waals surface area (Å²) in [6.07, 6.45) is 1.67. The van der Waals surface area contributed by atoms with Gasteiger partial charge in [0.1, 0.15) is 11.5 Å². The van der Waals surface area contributed by atoms with Crippen molar-refractivity contribution in [3.63, 3.8) is 0 Å². The molecule has 2 aromatic rings. The summed E-state index contributed by atoms with van der Waals surface area (Å²) in [5.74, 6) is -0.494. The molecule has 9 nitrogen and oxygen atoms in total. The van der Waals surface area contributed by atoms with E-state index in [1.807, 2.05) is 0 Å². The molecule has 1 fully saturated rings. The highest BCUT2D eigenvalue weighted by Gasteiger charge is 2.32. The third-order valence-corrected chi connectivity index (χ3v) is 5.06. The van der Waals surface area contributed by atoms with Gasteiger partial charge >= 0.3 is 5.97 Å². The molecule has 1 aromatic heterocycles. The summed E-state index contributed by atoms with van der Waals surface area (Å²) >= 11 is 0. The maximum atomic E-state index is 12.6. The minimum absolute atomic E-state index is 0.222. The molecular formula is C22H26N2O7. The number of amides is 2. The summed E-state index contributed by atoms with van der Waals surface area (Å²) in [6, 6.07) is 8.17. The number of benzene rings is 1. The van der Waals surface area contributed by atoms with E-state index in [1.165, 1.54) is 27.4 Å². The van der Waals surface area contributed by atoms with Crippen LogP contribution < -0.4 is 14.8 Å². The van der Waals surface area contributed by atoms with Crippen LogP contribution in [-0.2, 0) is 14.3 Å². The molecule has 0 spiro atoms. The topological polar surface area (TPSA) is 107 Å². The number of anilines is 1. The molecule has 2 heterocycles. The Morgan fingerprint density at radius 2 is 1.87 bits per heavy atom. The first-order chi connectivity index (χ1) is 14.9. The second kappa shape index (κ2) is 10.0. The molecule has 2 unspecified atom stereocenters. The van der Waals surface area contributed by atoms with Gasteiger partial charge in [-0.1, -0.05) is 0 Å². The molecule has 1 aromatic carbocycles. The van der Waals surface area contributed by atoms with E-state index in [1.54, 1.807) is 35.2 Å². The van der Waals surface area contributed by atoms with Crippen molar-refractivity contribution < 1.29 is 33.0 Å². The Hall–Kier alpha value is -3.49. The van der Waals surface area contributed by atoms with Crippen LogP contribution in [0.25, 0.3) is 0 Å². The van der Waals surface area contributed by atoms with E-state index in [9.17, 15) is 14.4 Å². The zero-order valence-electron chi connectivity index (χ0n) is 17.8. The van der Waals surface area contributed by atoms with E-state index >= 15 is 0 Å². The average molecular weight is 430 g/mol. The molecule has 31 heavy (non-hydrogen) atoms. The van der Waals surface area contributed by atoms with Crippen molar-refractivity contribution >= 4 is 23.5 Å². The molecular weight excluding hydrogens is 404 g/mol. The molecule has 1 saturated heterocycles. The minimum atomic E-state index is -1.01. The van der Waals surface area contributed by atoms with Crippen LogP contribution in [0.15, 0.2) is 41.0 Å². The summed E-state index contributed by atoms with van der Waals surface area (Å²) < 4.78 is 20.9. The van der Waals surface area contributed by atoms with Gasteiger partial charge < -0.3 is 28.8 Å². The van der Waals surface area contributed by atoms with Crippen LogP contribution >= 0.6 is 0 Å². The van der Waals surface area contributed by atoms with Crippen molar-refractivity contribution in [3.8, 4) is 11.5 Å². The van der Waals surface area contributed by atoms with Crippen molar-refractivity contribution in [2.75, 3.05) is 32.6 Å². The number of carbonyl (C=O) groups is 3. The number of ether oxygens (including phenoxy) is 3. The Labute approximate surface area is 180 Å². The number of esters is 1. The van der Waals surface area contributed by atoms with Crippen LogP contribution in [0.4, 0.5) is 5.69 Å². The van der Waals surface area contributed by atoms with Gasteiger partial charge in [0.2, 0.25) is 0 Å². The second-order valence-electron chi connectivity index (χ2n) is 7.24. The summed E-state index contributed by atoms with van der Waals surface area (Å²) in [5, 5.41) is 2.69. The maximum absolute atomic E-state index is 12.6. The fourth-order valence-electron chi connectivity index (χ4n) is 3.36. The molecule has 1 aliphatic heterocycles. The SMILES string of the molecule is COc1cc(NC(=O)C(C)OC(=O)C2CCCN(C(=O)c3ccco3)C2)cc(OC)c1. The molecule has 0 radical (unpaired) electrons. The number of nitrogens with zero attached hydrogens (tertiary/aromatic N) is 1. The maximum Gasteiger partial charge on any atom is 0.311 e. The van der Waals surface area contributed by atoms with Gasteiger partial charge in [0.25, 0.3) is 11.8 Å². The molecule has 2 amide bonds. The Balaban J connectivity index is 1.57. The van der Waals surface area contributed by atoms with Crippen molar-refractivity contribution in [1.29, 1.82) is 0 Å². The lowest BCUT2D eigenvalue weighted by Crippen LogP contribution is -2.44. The third kappa shape index (κ3) is 5.56. The lowest BCUT2D eigenvalue weighted by molar-refractivity contribution is -0.158. The molecule has 166 valence electrons. The number of rotatable bonds is 7. The summed E-state index contributed by atoms with van der Waals surface area (Å²) in [6.45, 7) is 2.26. The highest BCUT2D eigenvalue weighted by Crippen LogP contribution is 2.26. The zero-order chi connectivity index (χ0) is 22.4. The van der Waals surface area contributed by atoms with Gasteiger partial charge in [-0.05, 0) is 31.9 Å². The van der Waals surface area contributed by atoms with E-state index in [0.29, 0.717) is 36.6 Å². The number of hydrogen-bond acceptors (Lipinski definition) is 7. The molecule has 0 saturated carbocycles. The summed E-state index contributed by atoms with van der Waals surface area (Å²) in [7, 11) is 3.02. The van der Waals surface area contributed by atoms with Crippen LogP contribution in [0.2, 0.25) is 0 Å². The van der Waals surface area contributed by atoms with Crippen LogP contribution in [0, 0.1) is 5.92 Å². The molecule has 3 rings (SSSR count). The molecule has 0 aliphatic carbocycles. The third-order valence-electron chi connectivity index (χ3n) is 5.06. The number of piperidine rings is 1. The highest BCUT2D eigenvalue weighted by molar-refractivity contribution is 5.95. The fourth-order valence-corrected chi connectivity index (χ4v) is 3.36. The van der Waals surface area contributed by atoms with Crippen LogP contribution in [0.1, 0.15) is 30.3 Å². The first-order valence-corrected chi connectivity index (χ1v) is 9.98. The average Bonchev–Trinajstić information content (AvgIpc) is 3.33. The van der Waals surface area contributed by atoms with Gasteiger partial charge in [0, 0.05) is 37.0 Å². The Kier molecular flexibility index (Phi) is 7.17. The number of hydrogen-bond donors (Lipinski definition) is 1. The van der Waals surface area contributed by atoms with Crippen LogP contribution in [0.5, 0.6) is 11.5 Å². The Morgan fingerprint density at radius 3 is 2.48 bits per heavy atom. The number of nitrogens with one attached hydrogen (secondary N) is 1. The second-order valence-corrected chi connectivity index (χ2v) is 7.24. The standard InChI is InChI=1S/C22H26N2O7/c1-14(20(25)23-16-10-17(28-2)12-18(11-16)29-3)31-22(27)15-6-4-8-24(13-15)21(26)19-7-5-9-30-19/h5,7,9-12,14-15H,4,6,8,13H2,1-3H3,(H,23,25). The predicted octanol–water partition coefficient (Wildman–Crippen LogP) is 2.72. The molecule has 0 bridgehead atoms. The van der Waals surface area contributed by atoms with E-state index in [-0.39, 0.29) is 18.2 Å². The molecule has 1 aliphatic rings. The zero-order valence-corrected chi connectivity index (χ0v) is 17.8. The smallest absolute Gasteiger partial charge is 0.311 e. The minimum Gasteiger partial charge on any atom is -0.497 e. The predicted molar refractivity (Wildman–Crippen MR) is 111 cm³/mol. The summed E-state index contributed by atoms with van der Waals surface area (Å²) in [5.41, 5.74) is 0.456. The molecule has 1 N–H and O–H groups in total. The van der Waals surface area contributed by atoms with Gasteiger partial charge in [-0.25, -0.2) is 0 Å². The van der Waals surface area contributed by atoms with Gasteiger partial charge in [0.15, 0.2) is 11.9 Å². The number of likely N-dealkylation sites (tertiary alicyclic amines) is 1. The van der Waals surface area contributed by atoms with Gasteiger partial charge in [-0.15, -0.1) is 0 Å². The highest BCUT2D eigenvalue weighted by atomic mass is 16.5. The van der Waals surface area contributed by atoms with E-state index in [2.05, 4.69) is 5.32 Å². The van der Waals surface area contributed by atoms with Gasteiger partial charge in [-0.2, -0.15) is 0 Å².